The molecule has 18 heavy (non-hydrogen) atoms. The van der Waals surface area contributed by atoms with E-state index in [1.807, 2.05) is 0 Å². The molecule has 0 aliphatic carbocycles. The normalized spacial score (nSPS) is 25.4. The SMILES string of the molecule is CC(C)CCC(C)NC(=O)[C@H]1CCN[C@@H](C)C1.Cl. The van der Waals surface area contributed by atoms with Crippen LogP contribution in [0.3, 0.4) is 0 Å². The van der Waals surface area contributed by atoms with E-state index < -0.39 is 0 Å². The van der Waals surface area contributed by atoms with Crippen molar-refractivity contribution in [1.82, 2.24) is 10.6 Å². The zero-order valence-electron chi connectivity index (χ0n) is 12.2. The van der Waals surface area contributed by atoms with Gasteiger partial charge < -0.3 is 10.6 Å². The van der Waals surface area contributed by atoms with Crippen LogP contribution in [0.4, 0.5) is 0 Å². The Labute approximate surface area is 118 Å². The molecule has 1 rings (SSSR count). The zero-order chi connectivity index (χ0) is 12.8. The van der Waals surface area contributed by atoms with E-state index in [0.717, 1.165) is 25.8 Å². The first kappa shape index (κ1) is 17.7. The van der Waals surface area contributed by atoms with Crippen molar-refractivity contribution in [3.8, 4) is 0 Å². The summed E-state index contributed by atoms with van der Waals surface area (Å²) in [5.41, 5.74) is 0. The molecule has 2 N–H and O–H groups in total. The Hall–Kier alpha value is -0.280. The quantitative estimate of drug-likeness (QED) is 0.811. The molecule has 0 spiro atoms. The molecular weight excluding hydrogens is 248 g/mol. The van der Waals surface area contributed by atoms with Crippen molar-refractivity contribution in [1.29, 1.82) is 0 Å². The predicted octanol–water partition coefficient (Wildman–Crippen LogP) is 2.74. The van der Waals surface area contributed by atoms with E-state index in [0.29, 0.717) is 18.0 Å². The smallest absolute Gasteiger partial charge is 0.223 e. The number of amides is 1. The summed E-state index contributed by atoms with van der Waals surface area (Å²) >= 11 is 0. The van der Waals surface area contributed by atoms with Crippen molar-refractivity contribution < 1.29 is 4.79 Å². The van der Waals surface area contributed by atoms with Gasteiger partial charge >= 0.3 is 0 Å². The number of piperidine rings is 1. The van der Waals surface area contributed by atoms with Crippen LogP contribution in [0.15, 0.2) is 0 Å². The highest BCUT2D eigenvalue weighted by atomic mass is 35.5. The highest BCUT2D eigenvalue weighted by Crippen LogP contribution is 2.16. The van der Waals surface area contributed by atoms with E-state index in [4.69, 9.17) is 0 Å². The minimum atomic E-state index is 0. The average Bonchev–Trinajstić information content (AvgIpc) is 2.26. The number of hydrogen-bond donors (Lipinski definition) is 2. The molecule has 0 radical (unpaired) electrons. The molecule has 1 saturated heterocycles. The van der Waals surface area contributed by atoms with Crippen molar-refractivity contribution in [3.05, 3.63) is 0 Å². The van der Waals surface area contributed by atoms with Crippen LogP contribution in [0.1, 0.15) is 53.4 Å². The third kappa shape index (κ3) is 6.60. The zero-order valence-corrected chi connectivity index (χ0v) is 13.0. The highest BCUT2D eigenvalue weighted by molar-refractivity contribution is 5.85. The molecule has 0 aromatic rings. The van der Waals surface area contributed by atoms with Gasteiger partial charge in [-0.25, -0.2) is 0 Å². The van der Waals surface area contributed by atoms with Crippen LogP contribution >= 0.6 is 12.4 Å². The monoisotopic (exact) mass is 276 g/mol. The number of rotatable bonds is 5. The lowest BCUT2D eigenvalue weighted by molar-refractivity contribution is -0.126. The van der Waals surface area contributed by atoms with Gasteiger partial charge in [0.15, 0.2) is 0 Å². The van der Waals surface area contributed by atoms with Gasteiger partial charge in [-0.15, -0.1) is 12.4 Å². The lowest BCUT2D eigenvalue weighted by Crippen LogP contribution is -2.44. The molecule has 3 atom stereocenters. The molecule has 1 heterocycles. The summed E-state index contributed by atoms with van der Waals surface area (Å²) in [5.74, 6) is 1.19. The Morgan fingerprint density at radius 1 is 1.33 bits per heavy atom. The summed E-state index contributed by atoms with van der Waals surface area (Å²) in [7, 11) is 0. The first-order chi connectivity index (χ1) is 7.99. The number of hydrogen-bond acceptors (Lipinski definition) is 2. The van der Waals surface area contributed by atoms with Crippen LogP contribution in [0.5, 0.6) is 0 Å². The van der Waals surface area contributed by atoms with Crippen LogP contribution < -0.4 is 10.6 Å². The van der Waals surface area contributed by atoms with Crippen molar-refractivity contribution in [2.75, 3.05) is 6.54 Å². The van der Waals surface area contributed by atoms with Crippen LogP contribution in [0.2, 0.25) is 0 Å². The number of nitrogens with one attached hydrogen (secondary N) is 2. The van der Waals surface area contributed by atoms with E-state index in [1.165, 1.54) is 6.42 Å². The molecule has 0 bridgehead atoms. The van der Waals surface area contributed by atoms with Crippen LogP contribution in [-0.2, 0) is 4.79 Å². The van der Waals surface area contributed by atoms with Crippen molar-refractivity contribution in [2.24, 2.45) is 11.8 Å². The highest BCUT2D eigenvalue weighted by Gasteiger charge is 2.25. The largest absolute Gasteiger partial charge is 0.353 e. The predicted molar refractivity (Wildman–Crippen MR) is 79.1 cm³/mol. The Morgan fingerprint density at radius 2 is 2.00 bits per heavy atom. The number of carbonyl (C=O) groups excluding carboxylic acids is 1. The molecule has 1 fully saturated rings. The van der Waals surface area contributed by atoms with E-state index in [2.05, 4.69) is 38.3 Å². The second kappa shape index (κ2) is 8.76. The summed E-state index contributed by atoms with van der Waals surface area (Å²) in [4.78, 5) is 12.1. The average molecular weight is 277 g/mol. The molecule has 4 heteroatoms. The second-order valence-corrected chi connectivity index (χ2v) is 5.96. The fraction of sp³-hybridized carbons (Fsp3) is 0.929. The molecule has 1 unspecified atom stereocenters. The van der Waals surface area contributed by atoms with Gasteiger partial charge in [-0.3, -0.25) is 4.79 Å². The van der Waals surface area contributed by atoms with E-state index in [1.54, 1.807) is 0 Å². The van der Waals surface area contributed by atoms with Gasteiger partial charge in [-0.05, 0) is 52.0 Å². The van der Waals surface area contributed by atoms with Crippen molar-refractivity contribution >= 4 is 18.3 Å². The Balaban J connectivity index is 0.00000289. The Morgan fingerprint density at radius 3 is 2.56 bits per heavy atom. The van der Waals surface area contributed by atoms with Crippen LogP contribution in [-0.4, -0.2) is 24.5 Å². The van der Waals surface area contributed by atoms with Crippen molar-refractivity contribution in [3.63, 3.8) is 0 Å². The minimum Gasteiger partial charge on any atom is -0.353 e. The maximum atomic E-state index is 12.1. The minimum absolute atomic E-state index is 0. The maximum absolute atomic E-state index is 12.1. The van der Waals surface area contributed by atoms with Gasteiger partial charge in [0.1, 0.15) is 0 Å². The maximum Gasteiger partial charge on any atom is 0.223 e. The van der Waals surface area contributed by atoms with Gasteiger partial charge in [0.25, 0.3) is 0 Å². The third-order valence-corrected chi connectivity index (χ3v) is 3.56. The van der Waals surface area contributed by atoms with Crippen molar-refractivity contribution in [2.45, 2.75) is 65.5 Å². The fourth-order valence-corrected chi connectivity index (χ4v) is 2.39. The fourth-order valence-electron chi connectivity index (χ4n) is 2.39. The molecule has 0 aromatic heterocycles. The summed E-state index contributed by atoms with van der Waals surface area (Å²) in [6, 6.07) is 0.792. The summed E-state index contributed by atoms with van der Waals surface area (Å²) in [5, 5.41) is 6.54. The van der Waals surface area contributed by atoms with E-state index in [9.17, 15) is 4.79 Å². The van der Waals surface area contributed by atoms with Gasteiger partial charge in [-0.1, -0.05) is 13.8 Å². The topological polar surface area (TPSA) is 41.1 Å². The Bertz CT molecular complexity index is 246. The van der Waals surface area contributed by atoms with Crippen LogP contribution in [0.25, 0.3) is 0 Å². The molecule has 1 amide bonds. The molecular formula is C14H29ClN2O. The molecule has 0 saturated carbocycles. The molecule has 1 aliphatic rings. The van der Waals surface area contributed by atoms with Gasteiger partial charge in [0.05, 0.1) is 0 Å². The van der Waals surface area contributed by atoms with Gasteiger partial charge in [-0.2, -0.15) is 0 Å². The standard InChI is InChI=1S/C14H28N2O.ClH/c1-10(2)5-6-11(3)16-14(17)13-7-8-15-12(4)9-13;/h10-13,15H,5-9H2,1-4H3,(H,16,17);1H/t11?,12-,13-;/m0./s1. The molecule has 0 aromatic carbocycles. The van der Waals surface area contributed by atoms with Gasteiger partial charge in [0.2, 0.25) is 5.91 Å². The molecule has 3 nitrogen and oxygen atoms in total. The summed E-state index contributed by atoms with van der Waals surface area (Å²) in [6.07, 6.45) is 4.23. The summed E-state index contributed by atoms with van der Waals surface area (Å²) < 4.78 is 0. The first-order valence-electron chi connectivity index (χ1n) is 7.02. The van der Waals surface area contributed by atoms with E-state index >= 15 is 0 Å². The Kier molecular flexibility index (Phi) is 8.62. The number of halogens is 1. The lowest BCUT2D eigenvalue weighted by Gasteiger charge is -2.28. The first-order valence-corrected chi connectivity index (χ1v) is 7.02. The summed E-state index contributed by atoms with van der Waals surface area (Å²) in [6.45, 7) is 9.69. The van der Waals surface area contributed by atoms with E-state index in [-0.39, 0.29) is 24.2 Å². The van der Waals surface area contributed by atoms with Gasteiger partial charge in [0, 0.05) is 18.0 Å². The van der Waals surface area contributed by atoms with Crippen LogP contribution in [0, 0.1) is 11.8 Å². The molecule has 1 aliphatic heterocycles. The lowest BCUT2D eigenvalue weighted by atomic mass is 9.92. The second-order valence-electron chi connectivity index (χ2n) is 5.96. The third-order valence-electron chi connectivity index (χ3n) is 3.56. The number of carbonyl (C=O) groups is 1. The molecule has 108 valence electrons.